The number of nitrogens with zero attached hydrogens (tertiary/aromatic N) is 6. The number of rotatable bonds is 9. The number of halogens is 2. The fourth-order valence-electron chi connectivity index (χ4n) is 6.73. The Morgan fingerprint density at radius 1 is 1.04 bits per heavy atom. The van der Waals surface area contributed by atoms with Crippen LogP contribution < -0.4 is 15.1 Å². The zero-order chi connectivity index (χ0) is 32.4. The lowest BCUT2D eigenvalue weighted by Crippen LogP contribution is -2.55. The van der Waals surface area contributed by atoms with E-state index in [1.165, 1.54) is 38.6 Å². The molecular formula is C31H40Cl2N8O4S. The van der Waals surface area contributed by atoms with Crippen molar-refractivity contribution in [1.82, 2.24) is 30.2 Å². The second-order valence-electron chi connectivity index (χ2n) is 12.4. The number of aryl methyl sites for hydroxylation is 1. The van der Waals surface area contributed by atoms with Crippen LogP contribution in [0.25, 0.3) is 11.4 Å². The smallest absolute Gasteiger partial charge is 0.348 e. The number of aromatic nitrogens is 4. The number of nitrogens with one attached hydrogen (secondary N) is 2. The first-order valence-electron chi connectivity index (χ1n) is 15.9. The first-order valence-corrected chi connectivity index (χ1v) is 17.4. The number of aromatic carboxylic acids is 1. The molecule has 1 amide bonds. The van der Waals surface area contributed by atoms with Crippen molar-refractivity contribution in [2.75, 3.05) is 62.7 Å². The largest absolute Gasteiger partial charge is 0.477 e. The molecule has 5 heterocycles. The van der Waals surface area contributed by atoms with Gasteiger partial charge in [-0.05, 0) is 32.1 Å². The quantitative estimate of drug-likeness (QED) is 0.282. The molecule has 2 aliphatic heterocycles. The summed E-state index contributed by atoms with van der Waals surface area (Å²) >= 11 is 13.5. The fourth-order valence-corrected chi connectivity index (χ4v) is 8.09. The van der Waals surface area contributed by atoms with Crippen molar-refractivity contribution in [3.63, 3.8) is 0 Å². The lowest BCUT2D eigenvalue weighted by atomic mass is 9.89. The van der Waals surface area contributed by atoms with Crippen molar-refractivity contribution in [2.45, 2.75) is 57.6 Å². The molecule has 2 atom stereocenters. The second kappa shape index (κ2) is 14.4. The third-order valence-electron chi connectivity index (χ3n) is 9.36. The van der Waals surface area contributed by atoms with Crippen molar-refractivity contribution in [3.05, 3.63) is 38.7 Å². The van der Waals surface area contributed by atoms with Gasteiger partial charge in [0.25, 0.3) is 5.91 Å². The summed E-state index contributed by atoms with van der Waals surface area (Å²) in [5, 5.41) is 14.1. The summed E-state index contributed by atoms with van der Waals surface area (Å²) in [5.74, 6) is 0.185. The molecule has 2 saturated heterocycles. The van der Waals surface area contributed by atoms with Gasteiger partial charge >= 0.3 is 5.97 Å². The summed E-state index contributed by atoms with van der Waals surface area (Å²) in [5.41, 5.74) is 1.54. The Labute approximate surface area is 282 Å². The normalized spacial score (nSPS) is 21.5. The van der Waals surface area contributed by atoms with Crippen molar-refractivity contribution in [1.29, 1.82) is 0 Å². The highest BCUT2D eigenvalue weighted by molar-refractivity contribution is 7.17. The van der Waals surface area contributed by atoms with Crippen LogP contribution >= 0.6 is 34.5 Å². The van der Waals surface area contributed by atoms with Gasteiger partial charge in [-0.25, -0.2) is 19.7 Å². The maximum absolute atomic E-state index is 13.0. The number of ether oxygens (including phenoxy) is 1. The molecule has 248 valence electrons. The van der Waals surface area contributed by atoms with E-state index in [4.69, 9.17) is 32.9 Å². The summed E-state index contributed by atoms with van der Waals surface area (Å²) in [7, 11) is 1.58. The number of aromatic amines is 1. The Hall–Kier alpha value is -2.97. The number of methoxy groups -OCH3 is 1. The van der Waals surface area contributed by atoms with E-state index in [9.17, 15) is 14.7 Å². The number of anilines is 2. The molecule has 12 nitrogen and oxygen atoms in total. The highest BCUT2D eigenvalue weighted by Gasteiger charge is 2.34. The molecule has 3 N–H and O–H groups in total. The Bertz CT molecular complexity index is 1540. The first kappa shape index (κ1) is 33.0. The number of carbonyl (C=O) groups excluding carboxylic acids is 1. The molecule has 0 unspecified atom stereocenters. The Kier molecular flexibility index (Phi) is 10.3. The van der Waals surface area contributed by atoms with Gasteiger partial charge < -0.3 is 29.9 Å². The third-order valence-corrected chi connectivity index (χ3v) is 11.4. The Balaban J connectivity index is 1.09. The maximum atomic E-state index is 13.0. The molecule has 3 fully saturated rings. The van der Waals surface area contributed by atoms with Gasteiger partial charge in [-0.15, -0.1) is 0 Å². The van der Waals surface area contributed by atoms with E-state index < -0.39 is 5.97 Å². The highest BCUT2D eigenvalue weighted by Crippen LogP contribution is 2.35. The van der Waals surface area contributed by atoms with Crippen LogP contribution in [0.3, 0.4) is 0 Å². The minimum Gasteiger partial charge on any atom is -0.477 e. The zero-order valence-electron chi connectivity index (χ0n) is 26.1. The van der Waals surface area contributed by atoms with Crippen LogP contribution in [-0.2, 0) is 4.74 Å². The molecule has 0 spiro atoms. The van der Waals surface area contributed by atoms with Gasteiger partial charge in [-0.3, -0.25) is 9.69 Å². The summed E-state index contributed by atoms with van der Waals surface area (Å²) in [6.07, 6.45) is 10.3. The van der Waals surface area contributed by atoms with E-state index in [2.05, 4.69) is 30.1 Å². The number of carboxylic acid groups (broad SMARTS) is 1. The number of carboxylic acids is 1. The topological polar surface area (TPSA) is 140 Å². The monoisotopic (exact) mass is 690 g/mol. The molecule has 3 aliphatic rings. The Morgan fingerprint density at radius 2 is 1.80 bits per heavy atom. The van der Waals surface area contributed by atoms with E-state index in [1.807, 2.05) is 4.90 Å². The molecule has 6 rings (SSSR count). The molecule has 46 heavy (non-hydrogen) atoms. The number of thiazole rings is 1. The van der Waals surface area contributed by atoms with Crippen LogP contribution in [-0.4, -0.2) is 107 Å². The van der Waals surface area contributed by atoms with Crippen LogP contribution in [0.5, 0.6) is 0 Å². The number of hydrogen-bond acceptors (Lipinski definition) is 10. The number of H-pyrrole nitrogens is 1. The summed E-state index contributed by atoms with van der Waals surface area (Å²) < 4.78 is 5.74. The van der Waals surface area contributed by atoms with Crippen LogP contribution in [0, 0.1) is 12.8 Å². The summed E-state index contributed by atoms with van der Waals surface area (Å²) in [6, 6.07) is -0.293. The number of amides is 1. The van der Waals surface area contributed by atoms with E-state index in [-0.39, 0.29) is 33.6 Å². The molecule has 1 saturated carbocycles. The first-order chi connectivity index (χ1) is 22.2. The van der Waals surface area contributed by atoms with Crippen molar-refractivity contribution >= 4 is 57.4 Å². The lowest BCUT2D eigenvalue weighted by molar-refractivity contribution is 0.0540. The van der Waals surface area contributed by atoms with E-state index in [0.717, 1.165) is 49.3 Å². The van der Waals surface area contributed by atoms with Crippen molar-refractivity contribution in [3.8, 4) is 11.4 Å². The predicted molar refractivity (Wildman–Crippen MR) is 180 cm³/mol. The number of hydrogen-bond donors (Lipinski definition) is 3. The number of carbonyl (C=O) groups is 2. The van der Waals surface area contributed by atoms with Gasteiger partial charge in [0.05, 0.1) is 34.6 Å². The van der Waals surface area contributed by atoms with Gasteiger partial charge in [-0.2, -0.15) is 0 Å². The molecule has 3 aromatic rings. The van der Waals surface area contributed by atoms with E-state index >= 15 is 0 Å². The van der Waals surface area contributed by atoms with Gasteiger partial charge in [0.1, 0.15) is 27.8 Å². The maximum Gasteiger partial charge on any atom is 0.348 e. The van der Waals surface area contributed by atoms with Gasteiger partial charge in [0, 0.05) is 58.6 Å². The lowest BCUT2D eigenvalue weighted by Gasteiger charge is -2.37. The van der Waals surface area contributed by atoms with E-state index in [1.54, 1.807) is 26.4 Å². The minimum atomic E-state index is -1.07. The molecule has 1 aliphatic carbocycles. The predicted octanol–water partition coefficient (Wildman–Crippen LogP) is 4.97. The highest BCUT2D eigenvalue weighted by atomic mass is 35.5. The van der Waals surface area contributed by atoms with Crippen LogP contribution in [0.15, 0.2) is 12.4 Å². The van der Waals surface area contributed by atoms with Crippen LogP contribution in [0.2, 0.25) is 10.0 Å². The molecule has 15 heteroatoms. The SMILES string of the molecule is CO[C@H]1CN(c2nc(-c3cnc(N4CCN(CC5CCCCC5)CC4)cn3)c(C(=O)O)s2)CC[C@H]1NC(=O)c1[nH]c(C)c(Cl)c1Cl. The standard InChI is InChI=1S/C31H40Cl2N8O4S/c1-18-24(32)25(33)27(36-18)29(42)37-20-8-9-41(17-22(20)45-2)31-38-26(28(46-31)30(43)44)21-14-35-23(15-34-21)40-12-10-39(11-13-40)16-19-6-4-3-5-7-19/h14-15,19-20,22,36H,3-13,16-17H2,1-2H3,(H,37,42)(H,43,44)/t20-,22+/m1/s1. The number of piperazine rings is 1. The molecular weight excluding hydrogens is 651 g/mol. The van der Waals surface area contributed by atoms with Crippen LogP contribution in [0.4, 0.5) is 10.9 Å². The Morgan fingerprint density at radius 3 is 2.43 bits per heavy atom. The van der Waals surface area contributed by atoms with Crippen molar-refractivity contribution in [2.24, 2.45) is 5.92 Å². The second-order valence-corrected chi connectivity index (χ2v) is 14.1. The molecule has 0 radical (unpaired) electrons. The average molecular weight is 692 g/mol. The summed E-state index contributed by atoms with van der Waals surface area (Å²) in [6.45, 7) is 7.68. The summed E-state index contributed by atoms with van der Waals surface area (Å²) in [4.78, 5) is 49.0. The van der Waals surface area contributed by atoms with Crippen LogP contribution in [0.1, 0.15) is 64.4 Å². The minimum absolute atomic E-state index is 0.103. The van der Waals surface area contributed by atoms with E-state index in [0.29, 0.717) is 46.7 Å². The zero-order valence-corrected chi connectivity index (χ0v) is 28.4. The van der Waals surface area contributed by atoms with Crippen molar-refractivity contribution < 1.29 is 19.4 Å². The third kappa shape index (κ3) is 7.13. The molecule has 3 aromatic heterocycles. The molecule has 0 aromatic carbocycles. The van der Waals surface area contributed by atoms with Gasteiger partial charge in [0.2, 0.25) is 0 Å². The fraction of sp³-hybridized carbons (Fsp3) is 0.581. The molecule has 0 bridgehead atoms. The average Bonchev–Trinajstić information content (AvgIpc) is 3.64. The number of piperidine rings is 1. The van der Waals surface area contributed by atoms with Gasteiger partial charge in [-0.1, -0.05) is 53.8 Å². The van der Waals surface area contributed by atoms with Gasteiger partial charge in [0.15, 0.2) is 5.13 Å².